The Morgan fingerprint density at radius 2 is 2.00 bits per heavy atom. The van der Waals surface area contributed by atoms with Crippen LogP contribution in [0.15, 0.2) is 46.6 Å². The van der Waals surface area contributed by atoms with E-state index in [1.807, 2.05) is 48.0 Å². The van der Waals surface area contributed by atoms with Gasteiger partial charge in [0.15, 0.2) is 5.82 Å². The van der Waals surface area contributed by atoms with E-state index < -0.39 is 0 Å². The zero-order valence-corrected chi connectivity index (χ0v) is 13.6. The maximum Gasteiger partial charge on any atom is 0.161 e. The van der Waals surface area contributed by atoms with Crippen LogP contribution in [-0.4, -0.2) is 35.4 Å². The van der Waals surface area contributed by atoms with Gasteiger partial charge in [0, 0.05) is 26.0 Å². The van der Waals surface area contributed by atoms with E-state index in [-0.39, 0.29) is 5.37 Å². The third kappa shape index (κ3) is 1.94. The monoisotopic (exact) mass is 311 g/mol. The number of hydrogen-bond acceptors (Lipinski definition) is 5. The topological polar surface area (TPSA) is 36.7 Å². The number of aryl methyl sites for hydroxylation is 1. The number of hydrogen-bond donors (Lipinski definition) is 0. The van der Waals surface area contributed by atoms with Gasteiger partial charge in [-0.2, -0.15) is 0 Å². The van der Waals surface area contributed by atoms with Crippen LogP contribution in [0.2, 0.25) is 0 Å². The minimum absolute atomic E-state index is 0.246. The largest absolute Gasteiger partial charge is 0.358 e. The first-order valence-electron chi connectivity index (χ1n) is 7.14. The lowest BCUT2D eigenvalue weighted by molar-refractivity contribution is 0.890. The highest BCUT2D eigenvalue weighted by molar-refractivity contribution is 8.00. The van der Waals surface area contributed by atoms with Crippen molar-refractivity contribution < 1.29 is 0 Å². The van der Waals surface area contributed by atoms with Crippen molar-refractivity contribution in [2.24, 2.45) is 12.0 Å². The fourth-order valence-electron chi connectivity index (χ4n) is 2.83. The molecule has 0 aliphatic carbocycles. The highest BCUT2D eigenvalue weighted by Gasteiger charge is 2.28. The van der Waals surface area contributed by atoms with Crippen molar-refractivity contribution in [3.63, 3.8) is 0 Å². The smallest absolute Gasteiger partial charge is 0.161 e. The van der Waals surface area contributed by atoms with Gasteiger partial charge < -0.3 is 14.4 Å². The number of aliphatic imine (C=N–C) groups is 1. The number of likely N-dealkylation sites (N-methyl/N-ethyl adjacent to an activating group) is 1. The van der Waals surface area contributed by atoms with Crippen molar-refractivity contribution >= 4 is 35.3 Å². The lowest BCUT2D eigenvalue weighted by Crippen LogP contribution is -2.24. The van der Waals surface area contributed by atoms with E-state index in [9.17, 15) is 0 Å². The first kappa shape index (κ1) is 13.5. The zero-order valence-electron chi connectivity index (χ0n) is 12.8. The molecule has 0 spiro atoms. The summed E-state index contributed by atoms with van der Waals surface area (Å²) in [6.45, 7) is 0. The molecule has 4 rings (SSSR count). The van der Waals surface area contributed by atoms with Crippen molar-refractivity contribution in [3.8, 4) is 0 Å². The van der Waals surface area contributed by atoms with Gasteiger partial charge in [-0.25, -0.2) is 9.98 Å². The maximum absolute atomic E-state index is 4.61. The van der Waals surface area contributed by atoms with Gasteiger partial charge in [0.1, 0.15) is 11.1 Å². The Labute approximate surface area is 134 Å². The van der Waals surface area contributed by atoms with Crippen LogP contribution >= 0.6 is 11.8 Å². The first-order chi connectivity index (χ1) is 10.6. The molecule has 3 heterocycles. The Hall–Kier alpha value is -2.21. The van der Waals surface area contributed by atoms with Gasteiger partial charge in [0.25, 0.3) is 0 Å². The molecular formula is C16H17N5S. The van der Waals surface area contributed by atoms with E-state index in [1.54, 1.807) is 0 Å². The Balaban J connectivity index is 1.73. The number of benzene rings is 1. The summed E-state index contributed by atoms with van der Waals surface area (Å²) in [5, 5.41) is 0.246. The van der Waals surface area contributed by atoms with Crippen LogP contribution < -0.4 is 9.80 Å². The normalized spacial score (nSPS) is 21.4. The number of aromatic nitrogens is 2. The summed E-state index contributed by atoms with van der Waals surface area (Å²) >= 11 is 1.85. The second-order valence-electron chi connectivity index (χ2n) is 5.52. The van der Waals surface area contributed by atoms with Crippen molar-refractivity contribution in [2.75, 3.05) is 23.9 Å². The molecule has 22 heavy (non-hydrogen) atoms. The van der Waals surface area contributed by atoms with Gasteiger partial charge in [-0.05, 0) is 18.2 Å². The number of nitrogens with zero attached hydrogens (tertiary/aromatic N) is 5. The van der Waals surface area contributed by atoms with Crippen LogP contribution in [0.1, 0.15) is 5.69 Å². The van der Waals surface area contributed by atoms with Crippen molar-refractivity contribution in [2.45, 2.75) is 10.3 Å². The number of imidazole rings is 1. The van der Waals surface area contributed by atoms with Crippen LogP contribution in [0.25, 0.3) is 5.70 Å². The molecule has 0 bridgehead atoms. The fraction of sp³-hybridized carbons (Fsp3) is 0.250. The van der Waals surface area contributed by atoms with Crippen LogP contribution in [0.5, 0.6) is 0 Å². The summed E-state index contributed by atoms with van der Waals surface area (Å²) in [5.41, 5.74) is 3.32. The summed E-state index contributed by atoms with van der Waals surface area (Å²) in [6, 6.07) is 8.50. The summed E-state index contributed by atoms with van der Waals surface area (Å²) in [5.74, 6) is 0.951. The molecule has 0 saturated heterocycles. The Morgan fingerprint density at radius 3 is 2.82 bits per heavy atom. The second kappa shape index (κ2) is 4.91. The molecule has 0 radical (unpaired) electrons. The standard InChI is InChI=1S/C16H17N5S/c1-19-10-18-16-15(19)11(17-9-20(16)2)8-14-21(3)12-6-4-5-7-13(12)22-14/h4-10,14H,1-3H3. The van der Waals surface area contributed by atoms with Gasteiger partial charge >= 0.3 is 0 Å². The molecule has 0 amide bonds. The summed E-state index contributed by atoms with van der Waals surface area (Å²) in [4.78, 5) is 14.6. The van der Waals surface area contributed by atoms with Crippen LogP contribution in [0.4, 0.5) is 11.5 Å². The summed E-state index contributed by atoms with van der Waals surface area (Å²) < 4.78 is 2.03. The zero-order chi connectivity index (χ0) is 15.3. The fourth-order valence-corrected chi connectivity index (χ4v) is 4.05. The molecule has 6 heteroatoms. The third-order valence-corrected chi connectivity index (χ3v) is 5.33. The van der Waals surface area contributed by atoms with Crippen LogP contribution in [0.3, 0.4) is 0 Å². The minimum Gasteiger partial charge on any atom is -0.358 e. The highest BCUT2D eigenvalue weighted by atomic mass is 32.2. The van der Waals surface area contributed by atoms with Gasteiger partial charge in [-0.15, -0.1) is 0 Å². The lowest BCUT2D eigenvalue weighted by atomic mass is 10.2. The van der Waals surface area contributed by atoms with Crippen LogP contribution in [-0.2, 0) is 7.05 Å². The van der Waals surface area contributed by atoms with E-state index >= 15 is 0 Å². The van der Waals surface area contributed by atoms with Crippen molar-refractivity contribution in [3.05, 3.63) is 42.4 Å². The number of rotatable bonds is 1. The number of para-hydroxylation sites is 1. The van der Waals surface area contributed by atoms with E-state index in [0.29, 0.717) is 0 Å². The van der Waals surface area contributed by atoms with E-state index in [2.05, 4.69) is 52.3 Å². The molecule has 1 unspecified atom stereocenters. The van der Waals surface area contributed by atoms with Crippen LogP contribution in [0, 0.1) is 0 Å². The maximum atomic E-state index is 4.61. The van der Waals surface area contributed by atoms with E-state index in [4.69, 9.17) is 0 Å². The number of fused-ring (bicyclic) bond motifs is 2. The molecule has 2 aliphatic rings. The van der Waals surface area contributed by atoms with Gasteiger partial charge in [-0.1, -0.05) is 23.9 Å². The van der Waals surface area contributed by atoms with Crippen molar-refractivity contribution in [1.29, 1.82) is 0 Å². The van der Waals surface area contributed by atoms with Gasteiger partial charge in [0.2, 0.25) is 0 Å². The average molecular weight is 311 g/mol. The molecule has 1 aromatic carbocycles. The Morgan fingerprint density at radius 1 is 1.18 bits per heavy atom. The minimum atomic E-state index is 0.246. The highest BCUT2D eigenvalue weighted by Crippen LogP contribution is 2.44. The molecular weight excluding hydrogens is 294 g/mol. The quantitative estimate of drug-likeness (QED) is 0.811. The molecule has 1 atom stereocenters. The number of anilines is 2. The summed E-state index contributed by atoms with van der Waals surface area (Å²) in [6.07, 6.45) is 5.88. The van der Waals surface area contributed by atoms with E-state index in [1.165, 1.54) is 10.6 Å². The van der Waals surface area contributed by atoms with E-state index in [0.717, 1.165) is 17.2 Å². The molecule has 2 aromatic rings. The predicted octanol–water partition coefficient (Wildman–Crippen LogP) is 2.81. The lowest BCUT2D eigenvalue weighted by Gasteiger charge is -2.22. The number of thioether (sulfide) groups is 1. The molecule has 112 valence electrons. The summed E-state index contributed by atoms with van der Waals surface area (Å²) in [7, 11) is 6.11. The SMILES string of the molecule is CN1C=NC(=CC2Sc3ccccc3N2C)c2c1ncn2C. The predicted molar refractivity (Wildman–Crippen MR) is 92.6 cm³/mol. The van der Waals surface area contributed by atoms with Crippen molar-refractivity contribution in [1.82, 2.24) is 9.55 Å². The molecule has 1 aromatic heterocycles. The second-order valence-corrected chi connectivity index (χ2v) is 6.68. The third-order valence-electron chi connectivity index (χ3n) is 4.04. The van der Waals surface area contributed by atoms with Gasteiger partial charge in [0.05, 0.1) is 24.1 Å². The molecule has 2 aliphatic heterocycles. The molecule has 0 fully saturated rings. The molecule has 5 nitrogen and oxygen atoms in total. The molecule has 0 N–H and O–H groups in total. The Kier molecular flexibility index (Phi) is 3.00. The van der Waals surface area contributed by atoms with Gasteiger partial charge in [-0.3, -0.25) is 0 Å². The molecule has 0 saturated carbocycles. The Bertz CT molecular complexity index is 792. The average Bonchev–Trinajstić information content (AvgIpc) is 3.05. The first-order valence-corrected chi connectivity index (χ1v) is 8.02.